The van der Waals surface area contributed by atoms with Crippen LogP contribution in [0, 0.1) is 6.92 Å². The average Bonchev–Trinajstić information content (AvgIpc) is 3.09. The number of rotatable bonds is 6. The smallest absolute Gasteiger partial charge is 0.405 e. The number of hydrogen-bond acceptors (Lipinski definition) is 4. The minimum atomic E-state index is -0.969. The van der Waals surface area contributed by atoms with E-state index in [1.807, 2.05) is 30.3 Å². The maximum absolute atomic E-state index is 11.3. The summed E-state index contributed by atoms with van der Waals surface area (Å²) in [5.41, 5.74) is 3.67. The van der Waals surface area contributed by atoms with Crippen molar-refractivity contribution in [1.29, 1.82) is 0 Å². The Kier molecular flexibility index (Phi) is 6.39. The first-order valence-electron chi connectivity index (χ1n) is 11.1. The van der Waals surface area contributed by atoms with Crippen LogP contribution < -0.4 is 10.6 Å². The average molecular weight is 412 g/mol. The molecule has 1 saturated heterocycles. The van der Waals surface area contributed by atoms with Crippen molar-refractivity contribution >= 4 is 6.09 Å². The van der Waals surface area contributed by atoms with Crippen LogP contribution in [0.5, 0.6) is 0 Å². The van der Waals surface area contributed by atoms with Gasteiger partial charge in [0.05, 0.1) is 17.4 Å². The van der Waals surface area contributed by atoms with Crippen molar-refractivity contribution in [2.45, 2.75) is 64.2 Å². The maximum Gasteiger partial charge on any atom is 0.405 e. The first kappa shape index (κ1) is 20.9. The summed E-state index contributed by atoms with van der Waals surface area (Å²) in [6.07, 6.45) is 3.04. The molecule has 7 heteroatoms. The zero-order valence-electron chi connectivity index (χ0n) is 18.0. The number of aryl methyl sites for hydroxylation is 1. The SMILES string of the molecule is Cc1nc2c(n1C1CCN(C(C)C[C@H](NC(=O)O)c3ccccc3)CC1)CNCC2. The summed E-state index contributed by atoms with van der Waals surface area (Å²) in [6.45, 7) is 8.35. The van der Waals surface area contributed by atoms with Gasteiger partial charge in [0.15, 0.2) is 0 Å². The molecule has 4 rings (SSSR count). The Bertz CT molecular complexity index is 858. The first-order chi connectivity index (χ1) is 14.5. The van der Waals surface area contributed by atoms with Gasteiger partial charge < -0.3 is 25.2 Å². The van der Waals surface area contributed by atoms with Crippen molar-refractivity contribution in [2.24, 2.45) is 0 Å². The number of nitrogens with one attached hydrogen (secondary N) is 2. The normalized spacial score (nSPS) is 19.8. The summed E-state index contributed by atoms with van der Waals surface area (Å²) in [5.74, 6) is 1.14. The third-order valence-corrected chi connectivity index (χ3v) is 6.66. The second-order valence-corrected chi connectivity index (χ2v) is 8.61. The van der Waals surface area contributed by atoms with E-state index in [1.165, 1.54) is 11.4 Å². The topological polar surface area (TPSA) is 82.4 Å². The predicted octanol–water partition coefficient (Wildman–Crippen LogP) is 3.26. The summed E-state index contributed by atoms with van der Waals surface area (Å²) >= 11 is 0. The predicted molar refractivity (Wildman–Crippen MR) is 117 cm³/mol. The highest BCUT2D eigenvalue weighted by Crippen LogP contribution is 2.30. The third kappa shape index (κ3) is 4.52. The highest BCUT2D eigenvalue weighted by molar-refractivity contribution is 5.65. The van der Waals surface area contributed by atoms with Crippen molar-refractivity contribution in [3.8, 4) is 0 Å². The number of nitrogens with zero attached hydrogens (tertiary/aromatic N) is 3. The number of hydrogen-bond donors (Lipinski definition) is 3. The number of piperidine rings is 1. The largest absolute Gasteiger partial charge is 0.465 e. The lowest BCUT2D eigenvalue weighted by atomic mass is 9.96. The number of likely N-dealkylation sites (tertiary alicyclic amines) is 1. The molecule has 1 fully saturated rings. The zero-order valence-corrected chi connectivity index (χ0v) is 18.0. The van der Waals surface area contributed by atoms with Gasteiger partial charge in [0.2, 0.25) is 0 Å². The minimum Gasteiger partial charge on any atom is -0.465 e. The fourth-order valence-electron chi connectivity index (χ4n) is 5.12. The molecule has 2 aromatic rings. The molecule has 1 unspecified atom stereocenters. The molecular formula is C23H33N5O2. The zero-order chi connectivity index (χ0) is 21.1. The van der Waals surface area contributed by atoms with Gasteiger partial charge in [-0.3, -0.25) is 0 Å². The lowest BCUT2D eigenvalue weighted by Crippen LogP contribution is -2.43. The van der Waals surface area contributed by atoms with Crippen LogP contribution in [0.15, 0.2) is 30.3 Å². The number of carboxylic acid groups (broad SMARTS) is 1. The molecular weight excluding hydrogens is 378 g/mol. The van der Waals surface area contributed by atoms with Crippen molar-refractivity contribution in [3.05, 3.63) is 53.1 Å². The van der Waals surface area contributed by atoms with E-state index < -0.39 is 6.09 Å². The Morgan fingerprint density at radius 1 is 1.30 bits per heavy atom. The molecule has 2 aliphatic rings. The number of imidazole rings is 1. The van der Waals surface area contributed by atoms with Gasteiger partial charge in [-0.25, -0.2) is 9.78 Å². The first-order valence-corrected chi connectivity index (χ1v) is 11.1. The molecule has 162 valence electrons. The summed E-state index contributed by atoms with van der Waals surface area (Å²) in [5, 5.41) is 15.5. The number of aromatic nitrogens is 2. The van der Waals surface area contributed by atoms with Gasteiger partial charge in [0.1, 0.15) is 5.82 Å². The molecule has 1 aromatic carbocycles. The second-order valence-electron chi connectivity index (χ2n) is 8.61. The van der Waals surface area contributed by atoms with Crippen LogP contribution in [0.2, 0.25) is 0 Å². The molecule has 2 atom stereocenters. The molecule has 1 aromatic heterocycles. The summed E-state index contributed by atoms with van der Waals surface area (Å²) in [7, 11) is 0. The lowest BCUT2D eigenvalue weighted by Gasteiger charge is -2.38. The van der Waals surface area contributed by atoms with Gasteiger partial charge in [-0.15, -0.1) is 0 Å². The van der Waals surface area contributed by atoms with Crippen LogP contribution in [0.25, 0.3) is 0 Å². The molecule has 0 bridgehead atoms. The van der Waals surface area contributed by atoms with Crippen LogP contribution in [0.3, 0.4) is 0 Å². The van der Waals surface area contributed by atoms with E-state index in [0.29, 0.717) is 12.1 Å². The Hall–Kier alpha value is -2.38. The maximum atomic E-state index is 11.3. The van der Waals surface area contributed by atoms with Crippen LogP contribution in [0.4, 0.5) is 4.79 Å². The summed E-state index contributed by atoms with van der Waals surface area (Å²) in [6, 6.07) is 10.5. The molecule has 0 spiro atoms. The van der Waals surface area contributed by atoms with E-state index in [-0.39, 0.29) is 6.04 Å². The monoisotopic (exact) mass is 411 g/mol. The lowest BCUT2D eigenvalue weighted by molar-refractivity contribution is 0.127. The molecule has 3 N–H and O–H groups in total. The molecule has 0 radical (unpaired) electrons. The molecule has 2 aliphatic heterocycles. The Morgan fingerprint density at radius 2 is 2.03 bits per heavy atom. The van der Waals surface area contributed by atoms with Gasteiger partial charge in [0.25, 0.3) is 0 Å². The molecule has 3 heterocycles. The van der Waals surface area contributed by atoms with Crippen LogP contribution in [0.1, 0.15) is 61.0 Å². The van der Waals surface area contributed by atoms with E-state index in [1.54, 1.807) is 0 Å². The van der Waals surface area contributed by atoms with Gasteiger partial charge in [-0.2, -0.15) is 0 Å². The van der Waals surface area contributed by atoms with E-state index >= 15 is 0 Å². The van der Waals surface area contributed by atoms with Gasteiger partial charge in [0, 0.05) is 44.7 Å². The molecule has 7 nitrogen and oxygen atoms in total. The fourth-order valence-corrected chi connectivity index (χ4v) is 5.12. The summed E-state index contributed by atoms with van der Waals surface area (Å²) < 4.78 is 2.47. The Balaban J connectivity index is 1.39. The van der Waals surface area contributed by atoms with Crippen LogP contribution >= 0.6 is 0 Å². The van der Waals surface area contributed by atoms with Crippen molar-refractivity contribution in [2.75, 3.05) is 19.6 Å². The number of carbonyl (C=O) groups is 1. The Morgan fingerprint density at radius 3 is 2.73 bits per heavy atom. The molecule has 1 amide bonds. The van der Waals surface area contributed by atoms with Crippen molar-refractivity contribution in [3.63, 3.8) is 0 Å². The number of amides is 1. The minimum absolute atomic E-state index is 0.189. The van der Waals surface area contributed by atoms with Crippen LogP contribution in [-0.2, 0) is 13.0 Å². The van der Waals surface area contributed by atoms with E-state index in [4.69, 9.17) is 4.98 Å². The van der Waals surface area contributed by atoms with Gasteiger partial charge >= 0.3 is 6.09 Å². The van der Waals surface area contributed by atoms with E-state index in [9.17, 15) is 9.90 Å². The number of fused-ring (bicyclic) bond motifs is 1. The van der Waals surface area contributed by atoms with Gasteiger partial charge in [-0.1, -0.05) is 30.3 Å². The third-order valence-electron chi connectivity index (χ3n) is 6.66. The van der Waals surface area contributed by atoms with Crippen molar-refractivity contribution < 1.29 is 9.90 Å². The van der Waals surface area contributed by atoms with Crippen LogP contribution in [-0.4, -0.2) is 51.3 Å². The number of benzene rings is 1. The summed E-state index contributed by atoms with van der Waals surface area (Å²) in [4.78, 5) is 18.7. The van der Waals surface area contributed by atoms with E-state index in [2.05, 4.69) is 33.9 Å². The highest BCUT2D eigenvalue weighted by Gasteiger charge is 2.29. The molecule has 30 heavy (non-hydrogen) atoms. The fraction of sp³-hybridized carbons (Fsp3) is 0.565. The van der Waals surface area contributed by atoms with E-state index in [0.717, 1.165) is 63.3 Å². The standard InChI is InChI=1S/C23H33N5O2/c1-16(14-21(26-23(29)30)18-6-4-3-5-7-18)27-12-9-19(10-13-27)28-17(2)25-20-8-11-24-15-22(20)28/h3-7,16,19,21,24,26H,8-15H2,1-2H3,(H,29,30)/t16?,21-/m0/s1. The molecule has 0 aliphatic carbocycles. The molecule has 0 saturated carbocycles. The quantitative estimate of drug-likeness (QED) is 0.680. The Labute approximate surface area is 178 Å². The second kappa shape index (κ2) is 9.18. The van der Waals surface area contributed by atoms with Gasteiger partial charge in [-0.05, 0) is 38.7 Å². The highest BCUT2D eigenvalue weighted by atomic mass is 16.4. The van der Waals surface area contributed by atoms with Crippen molar-refractivity contribution in [1.82, 2.24) is 25.1 Å².